The third-order valence-corrected chi connectivity index (χ3v) is 26.8. The largest absolute Gasteiger partial charge is 0.456 e. The summed E-state index contributed by atoms with van der Waals surface area (Å²) >= 11 is 0. The van der Waals surface area contributed by atoms with Crippen molar-refractivity contribution in [3.63, 3.8) is 0 Å². The summed E-state index contributed by atoms with van der Waals surface area (Å²) in [6, 6.07) is -2.31. The predicted molar refractivity (Wildman–Crippen MR) is 440 cm³/mol. The van der Waals surface area contributed by atoms with E-state index >= 15 is 0 Å². The molecular weight excluding hydrogens is 1540 g/mol. The summed E-state index contributed by atoms with van der Waals surface area (Å²) in [6.45, 7) is 22.6. The lowest BCUT2D eigenvalue weighted by molar-refractivity contribution is -0.302. The molecule has 2 amide bonds. The molecule has 0 aromatic carbocycles. The second-order valence-electron chi connectivity index (χ2n) is 36.3. The zero-order valence-electron chi connectivity index (χ0n) is 73.4. The molecule has 28 atom stereocenters. The summed E-state index contributed by atoms with van der Waals surface area (Å²) in [7, 11) is 9.20. The molecule has 7 aliphatic heterocycles. The molecule has 7 N–H and O–H groups in total. The number of esters is 2. The first-order chi connectivity index (χ1) is 56.3. The maximum atomic E-state index is 14.4. The normalized spacial score (nSPS) is 40.9. The number of rotatable bonds is 15. The minimum Gasteiger partial charge on any atom is -0.456 e. The average Bonchev–Trinajstić information content (AvgIpc) is 0.842. The molecule has 28 heteroatoms. The van der Waals surface area contributed by atoms with Crippen LogP contribution >= 0.6 is 0 Å². The Morgan fingerprint density at radius 3 is 1.21 bits per heavy atom. The second-order valence-corrected chi connectivity index (χ2v) is 36.3. The van der Waals surface area contributed by atoms with Crippen LogP contribution in [0.25, 0.3) is 0 Å². The van der Waals surface area contributed by atoms with Gasteiger partial charge in [0.1, 0.15) is 53.7 Å². The van der Waals surface area contributed by atoms with Gasteiger partial charge in [0, 0.05) is 104 Å². The van der Waals surface area contributed by atoms with Gasteiger partial charge in [-0.15, -0.1) is 6.58 Å². The number of cyclic esters (lactones) is 2. The van der Waals surface area contributed by atoms with Gasteiger partial charge in [-0.25, -0.2) is 9.59 Å². The van der Waals surface area contributed by atoms with Crippen LogP contribution in [0, 0.1) is 59.2 Å². The van der Waals surface area contributed by atoms with E-state index in [1.165, 1.54) is 38.2 Å². The van der Waals surface area contributed by atoms with Crippen molar-refractivity contribution in [3.05, 3.63) is 71.4 Å². The number of nitrogens with zero attached hydrogens (tertiary/aromatic N) is 2. The van der Waals surface area contributed by atoms with E-state index in [9.17, 15) is 74.1 Å². The number of carbonyl (C=O) groups excluding carboxylic acids is 8. The topological polar surface area (TPSA) is 386 Å². The molecule has 0 unspecified atom stereocenters. The smallest absolute Gasteiger partial charge is 0.329 e. The minimum atomic E-state index is -2.54. The van der Waals surface area contributed by atoms with Gasteiger partial charge in [0.25, 0.3) is 23.4 Å². The quantitative estimate of drug-likeness (QED) is 0.0459. The summed E-state index contributed by atoms with van der Waals surface area (Å²) in [4.78, 5) is 116. The Hall–Kier alpha value is -5.64. The van der Waals surface area contributed by atoms with Crippen LogP contribution in [0.3, 0.4) is 0 Å². The molecule has 9 rings (SSSR count). The van der Waals surface area contributed by atoms with Gasteiger partial charge in [0.2, 0.25) is 11.6 Å². The van der Waals surface area contributed by atoms with Gasteiger partial charge in [-0.2, -0.15) is 0 Å². The van der Waals surface area contributed by atoms with Gasteiger partial charge in [0.15, 0.2) is 0 Å². The molecule has 0 spiro atoms. The number of piperidine rings is 2. The molecule has 0 aromatic rings. The Labute approximate surface area is 704 Å². The van der Waals surface area contributed by atoms with Gasteiger partial charge in [-0.3, -0.25) is 28.8 Å². The van der Waals surface area contributed by atoms with Crippen molar-refractivity contribution >= 4 is 46.9 Å². The van der Waals surface area contributed by atoms with Crippen LogP contribution in [-0.4, -0.2) is 276 Å². The highest BCUT2D eigenvalue weighted by Crippen LogP contribution is 2.43. The monoisotopic (exact) mass is 1680 g/mol. The number of ether oxygens (including phenoxy) is 11. The number of Topliss-reactive ketones (excluding diaryl/α,β-unsaturated/α-hetero) is 4. The van der Waals surface area contributed by atoms with Crippen molar-refractivity contribution in [1.29, 1.82) is 0 Å². The zero-order valence-corrected chi connectivity index (χ0v) is 73.4. The van der Waals surface area contributed by atoms with Gasteiger partial charge < -0.3 is 97.7 Å². The summed E-state index contributed by atoms with van der Waals surface area (Å²) in [6.07, 6.45) is 10.9. The first-order valence-corrected chi connectivity index (χ1v) is 43.5. The number of aliphatic hydroxyl groups excluding tert-OH is 4. The molecule has 0 aromatic heterocycles. The summed E-state index contributed by atoms with van der Waals surface area (Å²) < 4.78 is 64.8. The number of carbonyl (C=O) groups is 8. The van der Waals surface area contributed by atoms with Gasteiger partial charge in [-0.1, -0.05) is 95.2 Å². The van der Waals surface area contributed by atoms with Crippen molar-refractivity contribution in [2.24, 2.45) is 59.2 Å². The van der Waals surface area contributed by atoms with E-state index in [2.05, 4.69) is 6.58 Å². The fourth-order valence-corrected chi connectivity index (χ4v) is 19.5. The number of ketones is 4. The Morgan fingerprint density at radius 2 is 0.857 bits per heavy atom. The molecule has 7 heterocycles. The Bertz CT molecular complexity index is 3590. The molecule has 2 saturated carbocycles. The number of hydrogen-bond acceptors (Lipinski definition) is 26. The van der Waals surface area contributed by atoms with Crippen LogP contribution in [0.4, 0.5) is 0 Å². The van der Waals surface area contributed by atoms with Crippen molar-refractivity contribution in [2.45, 2.75) is 325 Å². The molecule has 4 bridgehead atoms. The third-order valence-electron chi connectivity index (χ3n) is 26.8. The lowest BCUT2D eigenvalue weighted by Crippen LogP contribution is -2.64. The highest BCUT2D eigenvalue weighted by atomic mass is 16.7. The molecule has 7 fully saturated rings. The highest BCUT2D eigenvalue weighted by molar-refractivity contribution is 6.39. The number of allylic oxidation sites excluding steroid dienone is 8. The molecule has 9 aliphatic rings. The number of hydrogen-bond donors (Lipinski definition) is 7. The first kappa shape index (κ1) is 98.8. The first-order valence-electron chi connectivity index (χ1n) is 43.5. The molecular formula is C91H142N2O26. The lowest BCUT2D eigenvalue weighted by atomic mass is 9.81. The van der Waals surface area contributed by atoms with Crippen molar-refractivity contribution in [1.82, 2.24) is 9.80 Å². The molecule has 119 heavy (non-hydrogen) atoms. The average molecular weight is 1680 g/mol. The third kappa shape index (κ3) is 24.9. The second kappa shape index (κ2) is 44.8. The van der Waals surface area contributed by atoms with Gasteiger partial charge >= 0.3 is 11.9 Å². The Kier molecular flexibility index (Phi) is 37.2. The Balaban J connectivity index is 0.000000298. The van der Waals surface area contributed by atoms with Crippen LogP contribution < -0.4 is 0 Å². The standard InChI is InChI=1S/C47H73NO14.C44H69NO12/c1-27-18-28(2)20-39(58-7)42-40(59-8)22-30(4)47(56,62-42)43(52)44(53)48-17-10-9-13-34(48)45(54)61-41(29(3)21-32-14-15-35(49)38(23-32)57-6)31(5)36(50)24-37(51)33(19-27)12-11-16-46(55)25-60-26-46;1-10-13-31-19-25(2)18-26(3)20-37(54-8)40-38(55-9)22-28(5)44(52,57-40)41(49)42(50)45-17-12-11-14-32(45)43(51)56-39(29(6)34(47)24-35(31)48)27(4)21-30-15-16-33(46)36(23-30)53-7/h11,16,19,21,28,30-36,38-42,49-50,55-56H,9-10,12-15,17-18,20,22-26H2,1-8H3;10,19,21,26,28-34,36-40,46-47,52H,1,11-18,20,22-24H2,2-9H3/b16-11+,27-19+,29-21+;25-19+,27-21+/t28-,30+,31+,32-,33+,34-,35+,36-,38+,39-,40-,41+,42+,47+;26-,28+,29+,30-,31+,32-,33+,34-,36+,37-,38-,39+,40+,44+/m00/s1. The van der Waals surface area contributed by atoms with Gasteiger partial charge in [0.05, 0.1) is 74.3 Å². The fraction of sp³-hybridized carbons (Fsp3) is 0.780. The zero-order chi connectivity index (χ0) is 87.7. The highest BCUT2D eigenvalue weighted by Gasteiger charge is 2.59. The number of fused-ring (bicyclic) bond motifs is 6. The van der Waals surface area contributed by atoms with Crippen molar-refractivity contribution in [3.8, 4) is 0 Å². The van der Waals surface area contributed by atoms with Crippen LogP contribution in [-0.2, 0) is 90.5 Å². The maximum absolute atomic E-state index is 14.4. The number of amides is 2. The van der Waals surface area contributed by atoms with E-state index in [0.29, 0.717) is 107 Å². The molecule has 0 radical (unpaired) electrons. The Morgan fingerprint density at radius 1 is 0.487 bits per heavy atom. The van der Waals surface area contributed by atoms with E-state index < -0.39 is 173 Å². The lowest BCUT2D eigenvalue weighted by Gasteiger charge is -2.47. The maximum Gasteiger partial charge on any atom is 0.329 e. The summed E-state index contributed by atoms with van der Waals surface area (Å²) in [5.74, 6) is -15.9. The van der Waals surface area contributed by atoms with E-state index in [0.717, 1.165) is 11.1 Å². The molecule has 672 valence electrons. The van der Waals surface area contributed by atoms with E-state index in [1.807, 2.05) is 58.9 Å². The van der Waals surface area contributed by atoms with Crippen LogP contribution in [0.2, 0.25) is 0 Å². The van der Waals surface area contributed by atoms with E-state index in [4.69, 9.17) is 52.1 Å². The van der Waals surface area contributed by atoms with E-state index in [-0.39, 0.29) is 119 Å². The molecule has 2 aliphatic carbocycles. The van der Waals surface area contributed by atoms with Crippen LogP contribution in [0.5, 0.6) is 0 Å². The minimum absolute atomic E-state index is 0.00988. The van der Waals surface area contributed by atoms with Gasteiger partial charge in [-0.05, 0) is 191 Å². The summed E-state index contributed by atoms with van der Waals surface area (Å²) in [5.41, 5.74) is 2.05. The number of methoxy groups -OCH3 is 6. The van der Waals surface area contributed by atoms with E-state index in [1.54, 1.807) is 67.1 Å². The van der Waals surface area contributed by atoms with Crippen molar-refractivity contribution < 1.29 is 126 Å². The number of aliphatic hydroxyl groups is 7. The van der Waals surface area contributed by atoms with Crippen LogP contribution in [0.1, 0.15) is 210 Å². The molecule has 5 saturated heterocycles. The fourth-order valence-electron chi connectivity index (χ4n) is 19.5. The van der Waals surface area contributed by atoms with Crippen LogP contribution in [0.15, 0.2) is 71.4 Å². The SMILES string of the molecule is C=CC[C@@H]1/C=C(\C)C[C@H](C)C[C@H](OC)[C@H]2O[C@@](O)(C(=O)C(=O)N3CCCC[C@H]3C(=O)O[C@H](/C(C)=C/[C@@H]3CC[C@@H](O)[C@H](OC)C3)[C@H](C)[C@@H](O)CC1=O)[C@H](C)C[C@@H]2OC.CO[C@H]1C[C@@H](C)C/C(C)=C/[C@@H](C/C=C/C2(O)COC2)C(=O)C[C@H](O)[C@@H](C)[C@@H](/C(C)=C/[C@@H]2CC[C@@H](O)[C@H](OC)C2)OC(=O)[C@@H]2CCCCN2C(=O)C(=O)[C@]2(O)O[C@H]1[C@@H](OC)C[C@H]2C. The summed E-state index contributed by atoms with van der Waals surface area (Å²) in [5, 5.41) is 79.3. The van der Waals surface area contributed by atoms with Crippen molar-refractivity contribution in [2.75, 3.05) is 69.0 Å². The predicted octanol–water partition coefficient (Wildman–Crippen LogP) is 8.41. The molecule has 28 nitrogen and oxygen atoms in total.